The molecule has 4 heteroatoms. The van der Waals surface area contributed by atoms with Gasteiger partial charge in [-0.2, -0.15) is 0 Å². The molecule has 1 rings (SSSR count). The number of likely N-dealkylation sites (N-methyl/N-ethyl adjacent to an activating group) is 1. The highest BCUT2D eigenvalue weighted by Crippen LogP contribution is 2.23. The lowest BCUT2D eigenvalue weighted by Crippen LogP contribution is -2.32. The van der Waals surface area contributed by atoms with E-state index in [9.17, 15) is 0 Å². The van der Waals surface area contributed by atoms with Crippen molar-refractivity contribution in [3.8, 4) is 5.75 Å². The minimum absolute atomic E-state index is 0.773. The van der Waals surface area contributed by atoms with Crippen LogP contribution in [0.15, 0.2) is 22.7 Å². The molecule has 0 aliphatic heterocycles. The maximum atomic E-state index is 5.81. The SMILES string of the molecule is CCCOc1ccc(Br)cc1CNCCN(CC)CCC. The van der Waals surface area contributed by atoms with Gasteiger partial charge in [0.05, 0.1) is 6.61 Å². The van der Waals surface area contributed by atoms with Gasteiger partial charge in [-0.3, -0.25) is 0 Å². The molecule has 1 N–H and O–H groups in total. The standard InChI is InChI=1S/C17H29BrN2O/c1-4-10-20(6-3)11-9-19-14-15-13-16(18)7-8-17(15)21-12-5-2/h7-8,13,19H,4-6,9-12,14H2,1-3H3. The Morgan fingerprint density at radius 1 is 1.14 bits per heavy atom. The van der Waals surface area contributed by atoms with E-state index in [0.29, 0.717) is 0 Å². The lowest BCUT2D eigenvalue weighted by Gasteiger charge is -2.20. The first kappa shape index (κ1) is 18.5. The molecule has 0 amide bonds. The van der Waals surface area contributed by atoms with Crippen LogP contribution in [0, 0.1) is 0 Å². The van der Waals surface area contributed by atoms with Crippen LogP contribution in [0.25, 0.3) is 0 Å². The number of benzene rings is 1. The number of nitrogens with one attached hydrogen (secondary N) is 1. The fourth-order valence-corrected chi connectivity index (χ4v) is 2.65. The number of hydrogen-bond acceptors (Lipinski definition) is 3. The van der Waals surface area contributed by atoms with Crippen molar-refractivity contribution in [3.05, 3.63) is 28.2 Å². The van der Waals surface area contributed by atoms with Crippen LogP contribution in [0.4, 0.5) is 0 Å². The smallest absolute Gasteiger partial charge is 0.123 e. The van der Waals surface area contributed by atoms with E-state index in [2.05, 4.69) is 53.0 Å². The Balaban J connectivity index is 2.44. The van der Waals surface area contributed by atoms with Crippen LogP contribution in [-0.4, -0.2) is 37.7 Å². The summed E-state index contributed by atoms with van der Waals surface area (Å²) >= 11 is 3.54. The number of nitrogens with zero attached hydrogens (tertiary/aromatic N) is 1. The van der Waals surface area contributed by atoms with Crippen molar-refractivity contribution in [2.24, 2.45) is 0 Å². The summed E-state index contributed by atoms with van der Waals surface area (Å²) in [6.07, 6.45) is 2.25. The summed E-state index contributed by atoms with van der Waals surface area (Å²) in [5, 5.41) is 3.53. The van der Waals surface area contributed by atoms with Crippen molar-refractivity contribution in [2.75, 3.05) is 32.8 Å². The maximum Gasteiger partial charge on any atom is 0.123 e. The van der Waals surface area contributed by atoms with Gasteiger partial charge in [0.1, 0.15) is 5.75 Å². The van der Waals surface area contributed by atoms with E-state index in [1.807, 2.05) is 12.1 Å². The molecule has 0 fully saturated rings. The van der Waals surface area contributed by atoms with Crippen LogP contribution < -0.4 is 10.1 Å². The molecule has 21 heavy (non-hydrogen) atoms. The molecule has 0 aliphatic carbocycles. The molecular weight excluding hydrogens is 328 g/mol. The second-order valence-electron chi connectivity index (χ2n) is 5.21. The van der Waals surface area contributed by atoms with Gasteiger partial charge < -0.3 is 15.0 Å². The van der Waals surface area contributed by atoms with Crippen molar-refractivity contribution >= 4 is 15.9 Å². The average Bonchev–Trinajstić information content (AvgIpc) is 2.49. The van der Waals surface area contributed by atoms with Gasteiger partial charge in [-0.15, -0.1) is 0 Å². The molecule has 0 unspecified atom stereocenters. The number of halogens is 1. The molecule has 0 heterocycles. The molecule has 3 nitrogen and oxygen atoms in total. The van der Waals surface area contributed by atoms with E-state index < -0.39 is 0 Å². The molecule has 0 saturated heterocycles. The summed E-state index contributed by atoms with van der Waals surface area (Å²) in [6, 6.07) is 6.22. The summed E-state index contributed by atoms with van der Waals surface area (Å²) in [5.74, 6) is 0.994. The van der Waals surface area contributed by atoms with E-state index in [4.69, 9.17) is 4.74 Å². The molecule has 1 aromatic carbocycles. The fourth-order valence-electron chi connectivity index (χ4n) is 2.24. The van der Waals surface area contributed by atoms with Crippen molar-refractivity contribution in [3.63, 3.8) is 0 Å². The third-order valence-corrected chi connectivity index (χ3v) is 3.88. The van der Waals surface area contributed by atoms with Gasteiger partial charge in [0.25, 0.3) is 0 Å². The topological polar surface area (TPSA) is 24.5 Å². The van der Waals surface area contributed by atoms with Crippen LogP contribution in [0.1, 0.15) is 39.2 Å². The molecule has 120 valence electrons. The monoisotopic (exact) mass is 356 g/mol. The minimum Gasteiger partial charge on any atom is -0.493 e. The molecule has 1 aromatic rings. The Kier molecular flexibility index (Phi) is 9.72. The second kappa shape index (κ2) is 11.0. The van der Waals surface area contributed by atoms with Gasteiger partial charge in [-0.1, -0.05) is 36.7 Å². The van der Waals surface area contributed by atoms with Gasteiger partial charge in [-0.25, -0.2) is 0 Å². The van der Waals surface area contributed by atoms with Crippen molar-refractivity contribution in [1.82, 2.24) is 10.2 Å². The fraction of sp³-hybridized carbons (Fsp3) is 0.647. The minimum atomic E-state index is 0.773. The van der Waals surface area contributed by atoms with Crippen molar-refractivity contribution in [1.29, 1.82) is 0 Å². The first-order chi connectivity index (χ1) is 10.2. The maximum absolute atomic E-state index is 5.81. The third kappa shape index (κ3) is 7.30. The zero-order valence-corrected chi connectivity index (χ0v) is 15.2. The lowest BCUT2D eigenvalue weighted by molar-refractivity contribution is 0.286. The zero-order valence-electron chi connectivity index (χ0n) is 13.6. The van der Waals surface area contributed by atoms with Gasteiger partial charge in [0.2, 0.25) is 0 Å². The van der Waals surface area contributed by atoms with E-state index >= 15 is 0 Å². The Hall–Kier alpha value is -0.580. The van der Waals surface area contributed by atoms with Crippen LogP contribution in [0.2, 0.25) is 0 Å². The molecular formula is C17H29BrN2O. The van der Waals surface area contributed by atoms with Crippen LogP contribution in [0.3, 0.4) is 0 Å². The Bertz CT molecular complexity index is 398. The van der Waals surface area contributed by atoms with Gasteiger partial charge in [0.15, 0.2) is 0 Å². The highest BCUT2D eigenvalue weighted by molar-refractivity contribution is 9.10. The zero-order chi connectivity index (χ0) is 15.5. The largest absolute Gasteiger partial charge is 0.493 e. The highest BCUT2D eigenvalue weighted by atomic mass is 79.9. The molecule has 0 atom stereocenters. The predicted octanol–water partition coefficient (Wildman–Crippen LogP) is 4.06. The Labute approximate surface area is 138 Å². The molecule has 0 spiro atoms. The number of hydrogen-bond donors (Lipinski definition) is 1. The van der Waals surface area contributed by atoms with Crippen LogP contribution >= 0.6 is 15.9 Å². The first-order valence-electron chi connectivity index (χ1n) is 8.05. The summed E-state index contributed by atoms with van der Waals surface area (Å²) in [5.41, 5.74) is 1.22. The second-order valence-corrected chi connectivity index (χ2v) is 6.13. The number of ether oxygens (including phenoxy) is 1. The van der Waals surface area contributed by atoms with E-state index in [1.54, 1.807) is 0 Å². The van der Waals surface area contributed by atoms with Gasteiger partial charge in [0, 0.05) is 29.7 Å². The molecule has 0 saturated carbocycles. The average molecular weight is 357 g/mol. The molecule has 0 bridgehead atoms. The van der Waals surface area contributed by atoms with E-state index in [-0.39, 0.29) is 0 Å². The Morgan fingerprint density at radius 2 is 1.95 bits per heavy atom. The molecule has 0 aromatic heterocycles. The van der Waals surface area contributed by atoms with E-state index in [0.717, 1.165) is 49.4 Å². The summed E-state index contributed by atoms with van der Waals surface area (Å²) < 4.78 is 6.91. The van der Waals surface area contributed by atoms with Crippen LogP contribution in [0.5, 0.6) is 5.75 Å². The normalized spacial score (nSPS) is 11.1. The predicted molar refractivity (Wildman–Crippen MR) is 94.0 cm³/mol. The summed E-state index contributed by atoms with van der Waals surface area (Å²) in [7, 11) is 0. The lowest BCUT2D eigenvalue weighted by atomic mass is 10.2. The highest BCUT2D eigenvalue weighted by Gasteiger charge is 2.05. The number of rotatable bonds is 11. The molecule has 0 radical (unpaired) electrons. The Morgan fingerprint density at radius 3 is 2.62 bits per heavy atom. The van der Waals surface area contributed by atoms with Crippen LogP contribution in [-0.2, 0) is 6.54 Å². The first-order valence-corrected chi connectivity index (χ1v) is 8.84. The van der Waals surface area contributed by atoms with Gasteiger partial charge >= 0.3 is 0 Å². The third-order valence-electron chi connectivity index (χ3n) is 3.39. The van der Waals surface area contributed by atoms with Crippen molar-refractivity contribution in [2.45, 2.75) is 40.2 Å². The van der Waals surface area contributed by atoms with E-state index in [1.165, 1.54) is 18.5 Å². The van der Waals surface area contributed by atoms with Gasteiger partial charge in [-0.05, 0) is 44.1 Å². The summed E-state index contributed by atoms with van der Waals surface area (Å²) in [4.78, 5) is 2.47. The quantitative estimate of drug-likeness (QED) is 0.605. The van der Waals surface area contributed by atoms with Crippen molar-refractivity contribution < 1.29 is 4.74 Å². The summed E-state index contributed by atoms with van der Waals surface area (Å²) in [6.45, 7) is 12.6. The molecule has 0 aliphatic rings.